The number of alkyl halides is 1. The van der Waals surface area contributed by atoms with Crippen LogP contribution >= 0.6 is 15.9 Å². The van der Waals surface area contributed by atoms with Gasteiger partial charge in [0.25, 0.3) is 0 Å². The van der Waals surface area contributed by atoms with Crippen molar-refractivity contribution in [3.05, 3.63) is 23.8 Å². The molecule has 3 heteroatoms. The van der Waals surface area contributed by atoms with E-state index < -0.39 is 0 Å². The zero-order valence-corrected chi connectivity index (χ0v) is 17.7. The summed E-state index contributed by atoms with van der Waals surface area (Å²) < 4.78 is 6.06. The topological polar surface area (TPSA) is 26.3 Å². The van der Waals surface area contributed by atoms with E-state index in [0.29, 0.717) is 28.4 Å². The van der Waals surface area contributed by atoms with Crippen molar-refractivity contribution in [2.45, 2.75) is 63.8 Å². The Morgan fingerprint density at radius 1 is 1.24 bits per heavy atom. The van der Waals surface area contributed by atoms with Crippen LogP contribution in [-0.4, -0.2) is 23.3 Å². The Hall–Kier alpha value is -0.410. The molecule has 2 saturated carbocycles. The molecule has 0 radical (unpaired) electrons. The summed E-state index contributed by atoms with van der Waals surface area (Å²) in [5.74, 6) is 1.92. The Balaban J connectivity index is 1.79. The number of fused-ring (bicyclic) bond motifs is 5. The van der Waals surface area contributed by atoms with Gasteiger partial charge in [-0.1, -0.05) is 54.4 Å². The Labute approximate surface area is 160 Å². The lowest BCUT2D eigenvalue weighted by Crippen LogP contribution is -2.56. The van der Waals surface area contributed by atoms with Crippen LogP contribution in [0.5, 0.6) is 0 Å². The van der Waals surface area contributed by atoms with E-state index in [-0.39, 0.29) is 22.3 Å². The summed E-state index contributed by atoms with van der Waals surface area (Å²) in [5, 5.41) is 0. The van der Waals surface area contributed by atoms with Gasteiger partial charge in [-0.25, -0.2) is 0 Å². The minimum atomic E-state index is -0.204. The van der Waals surface area contributed by atoms with Crippen molar-refractivity contribution in [1.82, 2.24) is 0 Å². The summed E-state index contributed by atoms with van der Waals surface area (Å²) in [4.78, 5) is 13.6. The second-order valence-corrected chi connectivity index (χ2v) is 10.7. The van der Waals surface area contributed by atoms with Crippen LogP contribution in [0.1, 0.15) is 53.4 Å². The maximum atomic E-state index is 13.3. The van der Waals surface area contributed by atoms with Crippen molar-refractivity contribution in [1.29, 1.82) is 0 Å². The van der Waals surface area contributed by atoms with Crippen LogP contribution < -0.4 is 0 Å². The lowest BCUT2D eigenvalue weighted by molar-refractivity contribution is -0.145. The fraction of sp³-hybridized carbons (Fsp3) is 0.773. The van der Waals surface area contributed by atoms with Crippen molar-refractivity contribution >= 4 is 21.7 Å². The van der Waals surface area contributed by atoms with E-state index >= 15 is 0 Å². The molecule has 0 bridgehead atoms. The van der Waals surface area contributed by atoms with E-state index in [2.05, 4.69) is 55.8 Å². The highest BCUT2D eigenvalue weighted by Gasteiger charge is 2.67. The largest absolute Gasteiger partial charge is 0.377 e. The molecule has 0 aromatic rings. The first-order valence-electron chi connectivity index (χ1n) is 9.81. The molecule has 2 nitrogen and oxygen atoms in total. The second kappa shape index (κ2) is 5.55. The number of methoxy groups -OCH3 is 1. The Bertz CT molecular complexity index is 667. The van der Waals surface area contributed by atoms with E-state index in [1.54, 1.807) is 0 Å². The third kappa shape index (κ3) is 2.15. The average molecular weight is 407 g/mol. The van der Waals surface area contributed by atoms with Crippen LogP contribution in [0.25, 0.3) is 0 Å². The molecule has 4 aliphatic rings. The molecule has 0 heterocycles. The van der Waals surface area contributed by atoms with Crippen LogP contribution in [0.4, 0.5) is 0 Å². The lowest BCUT2D eigenvalue weighted by Gasteiger charge is -2.57. The number of hydrogen-bond donors (Lipinski definition) is 0. The molecule has 8 unspecified atom stereocenters. The number of ketones is 1. The molecule has 0 amide bonds. The standard InChI is InChI=1S/C22H31BrO2/c1-13-6-8-20(2)14(10-13)11-17(24)19-15(20)7-9-21(3)16(19)12-18(23)22(21,4)25-5/h6,8,11,13,15-16,18-19H,7,9-10,12H2,1-5H3. The summed E-state index contributed by atoms with van der Waals surface area (Å²) in [6.07, 6.45) is 11.2. The van der Waals surface area contributed by atoms with Crippen molar-refractivity contribution in [2.24, 2.45) is 34.5 Å². The van der Waals surface area contributed by atoms with Crippen LogP contribution in [-0.2, 0) is 9.53 Å². The van der Waals surface area contributed by atoms with Crippen molar-refractivity contribution in [2.75, 3.05) is 7.11 Å². The zero-order valence-electron chi connectivity index (χ0n) is 16.1. The first kappa shape index (κ1) is 18.0. The van der Waals surface area contributed by atoms with Crippen LogP contribution in [0.3, 0.4) is 0 Å². The zero-order chi connectivity index (χ0) is 18.2. The molecule has 0 aromatic heterocycles. The van der Waals surface area contributed by atoms with E-state index in [9.17, 15) is 4.79 Å². The van der Waals surface area contributed by atoms with Gasteiger partial charge < -0.3 is 4.74 Å². The molecule has 8 atom stereocenters. The highest BCUT2D eigenvalue weighted by molar-refractivity contribution is 9.09. The number of carbonyl (C=O) groups excluding carboxylic acids is 1. The SMILES string of the molecule is COC1(C)C(Br)CC2C3C(=O)C=C4CC(C)C=CC4(C)C3CCC21C. The van der Waals surface area contributed by atoms with E-state index in [4.69, 9.17) is 4.74 Å². The maximum absolute atomic E-state index is 13.3. The van der Waals surface area contributed by atoms with Gasteiger partial charge in [0.1, 0.15) is 0 Å². The number of halogens is 1. The van der Waals surface area contributed by atoms with Gasteiger partial charge in [0.15, 0.2) is 5.78 Å². The lowest BCUT2D eigenvalue weighted by atomic mass is 9.47. The van der Waals surface area contributed by atoms with E-state index in [1.165, 1.54) is 5.57 Å². The molecular formula is C22H31BrO2. The van der Waals surface area contributed by atoms with Crippen molar-refractivity contribution in [3.63, 3.8) is 0 Å². The number of rotatable bonds is 1. The van der Waals surface area contributed by atoms with Crippen LogP contribution in [0.15, 0.2) is 23.8 Å². The third-order valence-corrected chi connectivity index (χ3v) is 9.94. The monoisotopic (exact) mass is 406 g/mol. The molecular weight excluding hydrogens is 376 g/mol. The minimum Gasteiger partial charge on any atom is -0.377 e. The normalized spacial score (nSPS) is 54.6. The molecule has 138 valence electrons. The number of allylic oxidation sites excluding steroid dienone is 4. The summed E-state index contributed by atoms with van der Waals surface area (Å²) in [6, 6.07) is 0. The van der Waals surface area contributed by atoms with E-state index in [0.717, 1.165) is 25.7 Å². The van der Waals surface area contributed by atoms with Gasteiger partial charge in [-0.15, -0.1) is 0 Å². The Morgan fingerprint density at radius 3 is 2.64 bits per heavy atom. The van der Waals surface area contributed by atoms with Gasteiger partial charge in [-0.3, -0.25) is 4.79 Å². The fourth-order valence-electron chi connectivity index (χ4n) is 6.71. The first-order valence-corrected chi connectivity index (χ1v) is 10.7. The highest BCUT2D eigenvalue weighted by atomic mass is 79.9. The van der Waals surface area contributed by atoms with Crippen molar-refractivity contribution in [3.8, 4) is 0 Å². The molecule has 0 saturated heterocycles. The first-order chi connectivity index (χ1) is 11.7. The Morgan fingerprint density at radius 2 is 1.96 bits per heavy atom. The maximum Gasteiger partial charge on any atom is 0.159 e. The predicted octanol–water partition coefficient (Wildman–Crippen LogP) is 5.32. The smallest absolute Gasteiger partial charge is 0.159 e. The van der Waals surface area contributed by atoms with Crippen LogP contribution in [0.2, 0.25) is 0 Å². The average Bonchev–Trinajstić information content (AvgIpc) is 2.77. The quantitative estimate of drug-likeness (QED) is 0.435. The second-order valence-electron chi connectivity index (χ2n) is 9.60. The molecule has 2 fully saturated rings. The van der Waals surface area contributed by atoms with Crippen LogP contribution in [0, 0.1) is 34.5 Å². The van der Waals surface area contributed by atoms with Gasteiger partial charge >= 0.3 is 0 Å². The van der Waals surface area contributed by atoms with Gasteiger partial charge in [0.05, 0.1) is 5.60 Å². The molecule has 0 spiro atoms. The minimum absolute atomic E-state index is 0.0557. The third-order valence-electron chi connectivity index (χ3n) is 8.70. The molecule has 0 aromatic carbocycles. The summed E-state index contributed by atoms with van der Waals surface area (Å²) in [7, 11) is 1.83. The van der Waals surface area contributed by atoms with Gasteiger partial charge in [0, 0.05) is 28.7 Å². The van der Waals surface area contributed by atoms with Crippen molar-refractivity contribution < 1.29 is 9.53 Å². The summed E-state index contributed by atoms with van der Waals surface area (Å²) in [5.41, 5.74) is 1.30. The molecule has 25 heavy (non-hydrogen) atoms. The van der Waals surface area contributed by atoms with Gasteiger partial charge in [-0.05, 0) is 56.4 Å². The fourth-order valence-corrected chi connectivity index (χ4v) is 7.82. The highest BCUT2D eigenvalue weighted by Crippen LogP contribution is 2.67. The predicted molar refractivity (Wildman–Crippen MR) is 105 cm³/mol. The number of ether oxygens (including phenoxy) is 1. The molecule has 4 rings (SSSR count). The summed E-state index contributed by atoms with van der Waals surface area (Å²) in [6.45, 7) is 9.24. The summed E-state index contributed by atoms with van der Waals surface area (Å²) >= 11 is 3.91. The number of hydrogen-bond acceptors (Lipinski definition) is 2. The number of carbonyl (C=O) groups is 1. The molecule has 0 N–H and O–H groups in total. The van der Waals surface area contributed by atoms with Gasteiger partial charge in [0.2, 0.25) is 0 Å². The Kier molecular flexibility index (Phi) is 3.99. The van der Waals surface area contributed by atoms with Gasteiger partial charge in [-0.2, -0.15) is 0 Å². The van der Waals surface area contributed by atoms with E-state index in [1.807, 2.05) is 13.2 Å². The molecule has 4 aliphatic carbocycles. The molecule has 0 aliphatic heterocycles.